The molecule has 0 bridgehead atoms. The lowest BCUT2D eigenvalue weighted by Crippen LogP contribution is -1.99. The Hall–Kier alpha value is -2.62. The maximum absolute atomic E-state index is 11.0. The van der Waals surface area contributed by atoms with Crippen LogP contribution in [0.2, 0.25) is 0 Å². The number of nitrogens with zero attached hydrogens (tertiary/aromatic N) is 2. The Kier molecular flexibility index (Phi) is 2.79. The van der Waals surface area contributed by atoms with Crippen LogP contribution in [0.15, 0.2) is 42.5 Å². The number of fused-ring (bicyclic) bond motifs is 1. The van der Waals surface area contributed by atoms with Gasteiger partial charge in [-0.2, -0.15) is 0 Å². The molecule has 2 aromatic carbocycles. The summed E-state index contributed by atoms with van der Waals surface area (Å²) in [5.41, 5.74) is 4.09. The van der Waals surface area contributed by atoms with Crippen LogP contribution in [0.1, 0.15) is 21.7 Å². The summed E-state index contributed by atoms with van der Waals surface area (Å²) in [5.74, 6) is -0.0909. The molecular formula is C16H14N2O2. The molecule has 20 heavy (non-hydrogen) atoms. The van der Waals surface area contributed by atoms with Crippen molar-refractivity contribution in [2.24, 2.45) is 0 Å². The fraction of sp³-hybridized carbons (Fsp3) is 0.125. The molecule has 0 spiro atoms. The average molecular weight is 266 g/mol. The highest BCUT2D eigenvalue weighted by molar-refractivity contribution is 5.92. The molecule has 4 nitrogen and oxygen atoms in total. The monoisotopic (exact) mass is 266 g/mol. The van der Waals surface area contributed by atoms with Crippen LogP contribution in [-0.4, -0.2) is 20.6 Å². The number of carbonyl (C=O) groups is 1. The largest absolute Gasteiger partial charge is 0.478 e. The number of benzene rings is 2. The van der Waals surface area contributed by atoms with Crippen molar-refractivity contribution in [3.63, 3.8) is 0 Å². The van der Waals surface area contributed by atoms with E-state index in [0.29, 0.717) is 5.52 Å². The van der Waals surface area contributed by atoms with Crippen molar-refractivity contribution in [3.05, 3.63) is 59.4 Å². The van der Waals surface area contributed by atoms with Gasteiger partial charge in [0, 0.05) is 0 Å². The van der Waals surface area contributed by atoms with Crippen molar-refractivity contribution < 1.29 is 9.90 Å². The zero-order valence-corrected chi connectivity index (χ0v) is 11.3. The third kappa shape index (κ3) is 1.86. The van der Waals surface area contributed by atoms with Crippen molar-refractivity contribution in [3.8, 4) is 5.69 Å². The molecule has 3 rings (SSSR count). The molecule has 0 unspecified atom stereocenters. The molecule has 0 atom stereocenters. The molecule has 0 aliphatic carbocycles. The van der Waals surface area contributed by atoms with E-state index in [1.807, 2.05) is 44.2 Å². The highest BCUT2D eigenvalue weighted by Gasteiger charge is 2.12. The number of aromatic nitrogens is 2. The maximum atomic E-state index is 11.0. The summed E-state index contributed by atoms with van der Waals surface area (Å²) in [6, 6.07) is 13.1. The summed E-state index contributed by atoms with van der Waals surface area (Å²) in [5, 5.41) is 9.05. The number of carboxylic acids is 1. The van der Waals surface area contributed by atoms with Gasteiger partial charge in [0.25, 0.3) is 0 Å². The predicted molar refractivity (Wildman–Crippen MR) is 77.5 cm³/mol. The number of rotatable bonds is 2. The highest BCUT2D eigenvalue weighted by Crippen LogP contribution is 2.24. The average Bonchev–Trinajstić information content (AvgIpc) is 2.74. The second kappa shape index (κ2) is 4.49. The second-order valence-corrected chi connectivity index (χ2v) is 4.79. The summed E-state index contributed by atoms with van der Waals surface area (Å²) < 4.78 is 2.05. The van der Waals surface area contributed by atoms with Crippen molar-refractivity contribution in [1.29, 1.82) is 0 Å². The van der Waals surface area contributed by atoms with Crippen LogP contribution in [0, 0.1) is 13.8 Å². The first-order valence-corrected chi connectivity index (χ1v) is 6.36. The predicted octanol–water partition coefficient (Wildman–Crippen LogP) is 3.34. The van der Waals surface area contributed by atoms with Gasteiger partial charge >= 0.3 is 5.97 Å². The van der Waals surface area contributed by atoms with E-state index in [-0.39, 0.29) is 5.56 Å². The van der Waals surface area contributed by atoms with Gasteiger partial charge < -0.3 is 5.11 Å². The van der Waals surface area contributed by atoms with Crippen LogP contribution in [0.5, 0.6) is 0 Å². The van der Waals surface area contributed by atoms with Crippen LogP contribution in [0.25, 0.3) is 16.7 Å². The molecule has 0 radical (unpaired) electrons. The number of aromatic carboxylic acids is 1. The molecule has 0 amide bonds. The topological polar surface area (TPSA) is 55.1 Å². The van der Waals surface area contributed by atoms with Gasteiger partial charge in [-0.25, -0.2) is 9.78 Å². The van der Waals surface area contributed by atoms with Crippen molar-refractivity contribution >= 4 is 17.0 Å². The first kappa shape index (κ1) is 12.4. The number of para-hydroxylation sites is 1. The van der Waals surface area contributed by atoms with Gasteiger partial charge in [0.05, 0.1) is 22.3 Å². The van der Waals surface area contributed by atoms with Crippen LogP contribution in [-0.2, 0) is 0 Å². The van der Waals surface area contributed by atoms with E-state index in [4.69, 9.17) is 5.11 Å². The molecule has 0 aliphatic heterocycles. The molecule has 0 saturated heterocycles. The molecule has 0 fully saturated rings. The van der Waals surface area contributed by atoms with Gasteiger partial charge in [0.15, 0.2) is 0 Å². The lowest BCUT2D eigenvalue weighted by molar-refractivity contribution is 0.0697. The number of carboxylic acid groups (broad SMARTS) is 1. The Balaban J connectivity index is 2.29. The van der Waals surface area contributed by atoms with Gasteiger partial charge in [-0.3, -0.25) is 4.57 Å². The summed E-state index contributed by atoms with van der Waals surface area (Å²) >= 11 is 0. The molecule has 0 saturated carbocycles. The minimum absolute atomic E-state index is 0.256. The minimum Gasteiger partial charge on any atom is -0.478 e. The van der Waals surface area contributed by atoms with Gasteiger partial charge in [-0.1, -0.05) is 18.2 Å². The Morgan fingerprint density at radius 2 is 1.90 bits per heavy atom. The first-order chi connectivity index (χ1) is 9.58. The van der Waals surface area contributed by atoms with Crippen LogP contribution in [0.4, 0.5) is 0 Å². The number of hydrogen-bond donors (Lipinski definition) is 1. The lowest BCUT2D eigenvalue weighted by atomic mass is 10.1. The summed E-state index contributed by atoms with van der Waals surface area (Å²) in [6.45, 7) is 3.97. The van der Waals surface area contributed by atoms with Crippen molar-refractivity contribution in [1.82, 2.24) is 9.55 Å². The summed E-state index contributed by atoms with van der Waals surface area (Å²) in [4.78, 5) is 15.5. The first-order valence-electron chi connectivity index (χ1n) is 6.36. The molecule has 1 aromatic heterocycles. The lowest BCUT2D eigenvalue weighted by Gasteiger charge is -2.10. The standard InChI is InChI=1S/C16H14N2O2/c1-10-5-3-4-6-14(10)18-11(2)17-13-9-12(16(19)20)7-8-15(13)18/h3-9H,1-2H3,(H,19,20). The maximum Gasteiger partial charge on any atom is 0.335 e. The minimum atomic E-state index is -0.935. The summed E-state index contributed by atoms with van der Waals surface area (Å²) in [6.07, 6.45) is 0. The molecule has 1 heterocycles. The van der Waals surface area contributed by atoms with E-state index in [0.717, 1.165) is 22.6 Å². The fourth-order valence-electron chi connectivity index (χ4n) is 2.45. The van der Waals surface area contributed by atoms with E-state index in [1.54, 1.807) is 12.1 Å². The van der Waals surface area contributed by atoms with E-state index in [2.05, 4.69) is 9.55 Å². The van der Waals surface area contributed by atoms with E-state index < -0.39 is 5.97 Å². The quantitative estimate of drug-likeness (QED) is 0.774. The molecule has 3 aromatic rings. The SMILES string of the molecule is Cc1ccccc1-n1c(C)nc2cc(C(=O)O)ccc21. The Bertz CT molecular complexity index is 818. The van der Waals surface area contributed by atoms with Gasteiger partial charge in [-0.15, -0.1) is 0 Å². The molecule has 100 valence electrons. The Labute approximate surface area is 116 Å². The van der Waals surface area contributed by atoms with Crippen LogP contribution in [0.3, 0.4) is 0 Å². The van der Waals surface area contributed by atoms with E-state index >= 15 is 0 Å². The Morgan fingerprint density at radius 1 is 1.15 bits per heavy atom. The number of aryl methyl sites for hydroxylation is 2. The number of hydrogen-bond acceptors (Lipinski definition) is 2. The molecule has 4 heteroatoms. The van der Waals surface area contributed by atoms with Crippen molar-refractivity contribution in [2.45, 2.75) is 13.8 Å². The van der Waals surface area contributed by atoms with Gasteiger partial charge in [-0.05, 0) is 43.7 Å². The Morgan fingerprint density at radius 3 is 2.60 bits per heavy atom. The molecule has 1 N–H and O–H groups in total. The number of imidazole rings is 1. The zero-order chi connectivity index (χ0) is 14.3. The summed E-state index contributed by atoms with van der Waals surface area (Å²) in [7, 11) is 0. The normalized spacial score (nSPS) is 10.9. The molecular weight excluding hydrogens is 252 g/mol. The van der Waals surface area contributed by atoms with Gasteiger partial charge in [0.1, 0.15) is 5.82 Å². The van der Waals surface area contributed by atoms with Crippen LogP contribution >= 0.6 is 0 Å². The van der Waals surface area contributed by atoms with E-state index in [9.17, 15) is 4.79 Å². The van der Waals surface area contributed by atoms with E-state index in [1.165, 1.54) is 0 Å². The third-order valence-corrected chi connectivity index (χ3v) is 3.43. The molecule has 0 aliphatic rings. The second-order valence-electron chi connectivity index (χ2n) is 4.79. The highest BCUT2D eigenvalue weighted by atomic mass is 16.4. The van der Waals surface area contributed by atoms with Crippen molar-refractivity contribution in [2.75, 3.05) is 0 Å². The third-order valence-electron chi connectivity index (χ3n) is 3.43. The fourth-order valence-corrected chi connectivity index (χ4v) is 2.45. The zero-order valence-electron chi connectivity index (χ0n) is 11.3. The smallest absolute Gasteiger partial charge is 0.335 e. The van der Waals surface area contributed by atoms with Gasteiger partial charge in [0.2, 0.25) is 0 Å². The van der Waals surface area contributed by atoms with Crippen LogP contribution < -0.4 is 0 Å².